The topological polar surface area (TPSA) is 62.4 Å². The van der Waals surface area contributed by atoms with Crippen LogP contribution in [0.15, 0.2) is 176 Å². The lowest BCUT2D eigenvalue weighted by Crippen LogP contribution is -1.97. The predicted octanol–water partition coefficient (Wildman–Crippen LogP) is 12.4. The molecule has 0 bridgehead atoms. The second kappa shape index (κ2) is 11.8. The number of benzene rings is 8. The monoisotopic (exact) mass is 699 g/mol. The van der Waals surface area contributed by atoms with Crippen molar-refractivity contribution in [3.63, 3.8) is 0 Å². The van der Waals surface area contributed by atoms with Gasteiger partial charge in [0.15, 0.2) is 0 Å². The molecule has 0 amide bonds. The maximum atomic E-state index is 9.92. The Morgan fingerprint density at radius 3 is 1.24 bits per heavy atom. The van der Waals surface area contributed by atoms with E-state index in [1.54, 1.807) is 6.07 Å². The number of hydrogen-bond acceptors (Lipinski definition) is 2. The van der Waals surface area contributed by atoms with Crippen molar-refractivity contribution in [1.29, 1.82) is 10.5 Å². The molecule has 0 aliphatic heterocycles. The van der Waals surface area contributed by atoms with Crippen LogP contribution in [0.25, 0.3) is 93.6 Å². The highest BCUT2D eigenvalue weighted by molar-refractivity contribution is 6.14. The van der Waals surface area contributed by atoms with Gasteiger partial charge in [0, 0.05) is 49.4 Å². The third-order valence-corrected chi connectivity index (χ3v) is 11.0. The number of aromatic nitrogens is 3. The van der Waals surface area contributed by atoms with Crippen molar-refractivity contribution in [1.82, 2.24) is 13.7 Å². The lowest BCUT2D eigenvalue weighted by molar-refractivity contribution is 1.16. The highest BCUT2D eigenvalue weighted by atomic mass is 15.0. The van der Waals surface area contributed by atoms with Crippen LogP contribution in [0.3, 0.4) is 0 Å². The van der Waals surface area contributed by atoms with Crippen molar-refractivity contribution < 1.29 is 0 Å². The van der Waals surface area contributed by atoms with Crippen LogP contribution in [0.4, 0.5) is 0 Å². The van der Waals surface area contributed by atoms with Crippen molar-refractivity contribution in [2.45, 2.75) is 0 Å². The first-order chi connectivity index (χ1) is 27.2. The van der Waals surface area contributed by atoms with Crippen molar-refractivity contribution in [3.8, 4) is 40.3 Å². The Morgan fingerprint density at radius 1 is 0.291 bits per heavy atom. The molecule has 0 N–H and O–H groups in total. The minimum absolute atomic E-state index is 0.450. The van der Waals surface area contributed by atoms with Crippen molar-refractivity contribution >= 4 is 65.4 Å². The molecule has 0 aliphatic carbocycles. The van der Waals surface area contributed by atoms with Crippen LogP contribution in [0, 0.1) is 22.7 Å². The zero-order valence-electron chi connectivity index (χ0n) is 29.5. The number of fused-ring (bicyclic) bond motifs is 9. The highest BCUT2D eigenvalue weighted by Crippen LogP contribution is 2.40. The molecule has 0 fully saturated rings. The summed E-state index contributed by atoms with van der Waals surface area (Å²) in [6, 6.07) is 66.2. The van der Waals surface area contributed by atoms with E-state index in [0.29, 0.717) is 11.1 Å². The van der Waals surface area contributed by atoms with E-state index in [-0.39, 0.29) is 0 Å². The number of nitrogens with zero attached hydrogens (tertiary/aromatic N) is 5. The van der Waals surface area contributed by atoms with Gasteiger partial charge in [0.1, 0.15) is 0 Å². The lowest BCUT2D eigenvalue weighted by Gasteiger charge is -2.11. The molecule has 5 nitrogen and oxygen atoms in total. The molecule has 55 heavy (non-hydrogen) atoms. The summed E-state index contributed by atoms with van der Waals surface area (Å²) >= 11 is 0. The molecule has 11 rings (SSSR count). The fourth-order valence-corrected chi connectivity index (χ4v) is 8.69. The predicted molar refractivity (Wildman–Crippen MR) is 224 cm³/mol. The first-order valence-electron chi connectivity index (χ1n) is 18.3. The Bertz CT molecular complexity index is 3370. The molecule has 254 valence electrons. The van der Waals surface area contributed by atoms with Gasteiger partial charge >= 0.3 is 0 Å². The number of nitriles is 2. The number of rotatable bonds is 4. The van der Waals surface area contributed by atoms with Gasteiger partial charge in [-0.25, -0.2) is 0 Å². The fourth-order valence-electron chi connectivity index (χ4n) is 8.69. The smallest absolute Gasteiger partial charge is 0.0992 e. The summed E-state index contributed by atoms with van der Waals surface area (Å²) in [7, 11) is 0. The van der Waals surface area contributed by atoms with Crippen molar-refractivity contribution in [2.24, 2.45) is 0 Å². The van der Waals surface area contributed by atoms with E-state index in [0.717, 1.165) is 66.5 Å². The van der Waals surface area contributed by atoms with E-state index in [4.69, 9.17) is 0 Å². The van der Waals surface area contributed by atoms with Gasteiger partial charge in [-0.3, -0.25) is 0 Å². The standard InChI is InChI=1S/C50H29N5/c51-30-32-24-33(31-52)26-38(25-32)55-49-22-19-35(34-18-21-48-42(27-34)41-14-6-9-17-47(41)53(48)36-10-2-1-3-11-36)28-43(49)44-29-37(20-23-50(44)55)54-45-15-7-4-12-39(45)40-13-5-8-16-46(40)54/h1-29H. The zero-order valence-corrected chi connectivity index (χ0v) is 29.5. The zero-order chi connectivity index (χ0) is 36.6. The molecular formula is C50H29N5. The van der Waals surface area contributed by atoms with Crippen LogP contribution in [0.2, 0.25) is 0 Å². The van der Waals surface area contributed by atoms with Gasteiger partial charge in [-0.1, -0.05) is 84.9 Å². The van der Waals surface area contributed by atoms with Crippen molar-refractivity contribution in [3.05, 3.63) is 187 Å². The molecule has 11 aromatic rings. The molecule has 0 spiro atoms. The highest BCUT2D eigenvalue weighted by Gasteiger charge is 2.19. The number of para-hydroxylation sites is 4. The molecule has 0 aliphatic rings. The van der Waals surface area contributed by atoms with Crippen molar-refractivity contribution in [2.75, 3.05) is 0 Å². The first-order valence-corrected chi connectivity index (χ1v) is 18.3. The van der Waals surface area contributed by atoms with E-state index in [2.05, 4.69) is 184 Å². The summed E-state index contributed by atoms with van der Waals surface area (Å²) in [6.07, 6.45) is 0. The molecule has 0 unspecified atom stereocenters. The SMILES string of the molecule is N#Cc1cc(C#N)cc(-n2c3ccc(-c4ccc5c(c4)c4ccccc4n5-c4ccccc4)cc3c3cc(-n4c5ccccc5c5ccccc54)ccc32)c1. The van der Waals surface area contributed by atoms with Gasteiger partial charge in [-0.2, -0.15) is 10.5 Å². The quantitative estimate of drug-likeness (QED) is 0.184. The molecule has 0 saturated heterocycles. The second-order valence-electron chi connectivity index (χ2n) is 14.1. The molecule has 0 radical (unpaired) electrons. The van der Waals surface area contributed by atoms with Crippen LogP contribution in [-0.4, -0.2) is 13.7 Å². The van der Waals surface area contributed by atoms with E-state index < -0.39 is 0 Å². The maximum Gasteiger partial charge on any atom is 0.0992 e. The summed E-state index contributed by atoms with van der Waals surface area (Å²) in [5.74, 6) is 0. The maximum absolute atomic E-state index is 9.92. The summed E-state index contributed by atoms with van der Waals surface area (Å²) in [4.78, 5) is 0. The Balaban J connectivity index is 1.18. The average molecular weight is 700 g/mol. The summed E-state index contributed by atoms with van der Waals surface area (Å²) in [6.45, 7) is 0. The minimum Gasteiger partial charge on any atom is -0.309 e. The Morgan fingerprint density at radius 2 is 0.691 bits per heavy atom. The van der Waals surface area contributed by atoms with Gasteiger partial charge in [0.2, 0.25) is 0 Å². The van der Waals surface area contributed by atoms with Crippen LogP contribution >= 0.6 is 0 Å². The molecule has 5 heteroatoms. The van der Waals surface area contributed by atoms with E-state index in [1.807, 2.05) is 12.1 Å². The van der Waals surface area contributed by atoms with Gasteiger partial charge in [-0.05, 0) is 102 Å². The van der Waals surface area contributed by atoms with Crippen LogP contribution < -0.4 is 0 Å². The lowest BCUT2D eigenvalue weighted by atomic mass is 10.0. The average Bonchev–Trinajstić information content (AvgIpc) is 3.88. The fraction of sp³-hybridized carbons (Fsp3) is 0. The number of hydrogen-bond donors (Lipinski definition) is 0. The van der Waals surface area contributed by atoms with E-state index in [1.165, 1.54) is 27.1 Å². The second-order valence-corrected chi connectivity index (χ2v) is 14.1. The molecular weight excluding hydrogens is 671 g/mol. The Hall–Kier alpha value is -7.86. The molecule has 8 aromatic carbocycles. The van der Waals surface area contributed by atoms with Gasteiger partial charge < -0.3 is 13.7 Å². The van der Waals surface area contributed by atoms with E-state index >= 15 is 0 Å². The summed E-state index contributed by atoms with van der Waals surface area (Å²) in [5, 5.41) is 26.8. The van der Waals surface area contributed by atoms with Crippen LogP contribution in [0.5, 0.6) is 0 Å². The summed E-state index contributed by atoms with van der Waals surface area (Å²) < 4.78 is 6.87. The van der Waals surface area contributed by atoms with E-state index in [9.17, 15) is 10.5 Å². The largest absolute Gasteiger partial charge is 0.309 e. The first kappa shape index (κ1) is 30.7. The normalized spacial score (nSPS) is 11.6. The minimum atomic E-state index is 0.450. The summed E-state index contributed by atoms with van der Waals surface area (Å²) in [5.41, 5.74) is 12.7. The van der Waals surface area contributed by atoms with Gasteiger partial charge in [0.25, 0.3) is 0 Å². The Kier molecular flexibility index (Phi) is 6.61. The van der Waals surface area contributed by atoms with Gasteiger partial charge in [-0.15, -0.1) is 0 Å². The third-order valence-electron chi connectivity index (χ3n) is 11.0. The molecule has 3 heterocycles. The molecule has 0 atom stereocenters. The Labute approximate surface area is 316 Å². The third kappa shape index (κ3) is 4.58. The van der Waals surface area contributed by atoms with Crippen LogP contribution in [-0.2, 0) is 0 Å². The molecule has 0 saturated carbocycles. The van der Waals surface area contributed by atoms with Crippen LogP contribution in [0.1, 0.15) is 11.1 Å². The van der Waals surface area contributed by atoms with Gasteiger partial charge in [0.05, 0.1) is 56.4 Å². The molecule has 3 aromatic heterocycles.